The molecular formula is C22H26N2O. The van der Waals surface area contributed by atoms with Gasteiger partial charge in [0.2, 0.25) is 0 Å². The Bertz CT molecular complexity index is 737. The quantitative estimate of drug-likeness (QED) is 0.834. The molecule has 1 aliphatic carbocycles. The Morgan fingerprint density at radius 2 is 1.64 bits per heavy atom. The first-order valence-electron chi connectivity index (χ1n) is 9.49. The van der Waals surface area contributed by atoms with Crippen molar-refractivity contribution in [2.45, 2.75) is 51.2 Å². The molecule has 0 aromatic heterocycles. The predicted octanol–water partition coefficient (Wildman–Crippen LogP) is 5.22. The highest BCUT2D eigenvalue weighted by Crippen LogP contribution is 2.38. The first-order valence-corrected chi connectivity index (χ1v) is 9.49. The van der Waals surface area contributed by atoms with E-state index in [1.807, 2.05) is 30.3 Å². The molecule has 0 radical (unpaired) electrons. The lowest BCUT2D eigenvalue weighted by Gasteiger charge is -2.46. The maximum atomic E-state index is 13.4. The average molecular weight is 334 g/mol. The number of hydrogen-bond acceptors (Lipinski definition) is 2. The van der Waals surface area contributed by atoms with E-state index in [4.69, 9.17) is 0 Å². The molecule has 1 saturated carbocycles. The summed E-state index contributed by atoms with van der Waals surface area (Å²) in [5, 5.41) is 3.70. The standard InChI is InChI=1S/C22H26N2O/c1-16(17-10-4-2-5-11-17)24-21(18-12-6-3-7-13-18)23-20-15-9-8-14-19(20)22(24)25/h2,4-5,8-11,14-16,18,21,23H,3,6-7,12-13H2,1H3/t16-,21-/m0/s1. The largest absolute Gasteiger partial charge is 0.364 e. The Morgan fingerprint density at radius 1 is 0.960 bits per heavy atom. The predicted molar refractivity (Wildman–Crippen MR) is 101 cm³/mol. The zero-order chi connectivity index (χ0) is 17.2. The maximum Gasteiger partial charge on any atom is 0.258 e. The van der Waals surface area contributed by atoms with Crippen LogP contribution < -0.4 is 5.32 Å². The Morgan fingerprint density at radius 3 is 2.40 bits per heavy atom. The second-order valence-corrected chi connectivity index (χ2v) is 7.33. The molecule has 4 rings (SSSR count). The van der Waals surface area contributed by atoms with Crippen molar-refractivity contribution in [1.29, 1.82) is 0 Å². The number of nitrogens with one attached hydrogen (secondary N) is 1. The van der Waals surface area contributed by atoms with E-state index in [-0.39, 0.29) is 18.1 Å². The van der Waals surface area contributed by atoms with Gasteiger partial charge in [0.25, 0.3) is 5.91 Å². The van der Waals surface area contributed by atoms with Gasteiger partial charge in [-0.3, -0.25) is 4.79 Å². The van der Waals surface area contributed by atoms with Crippen molar-refractivity contribution in [1.82, 2.24) is 4.90 Å². The van der Waals surface area contributed by atoms with Gasteiger partial charge in [0.05, 0.1) is 11.6 Å². The number of hydrogen-bond donors (Lipinski definition) is 1. The third-order valence-electron chi connectivity index (χ3n) is 5.79. The topological polar surface area (TPSA) is 32.3 Å². The summed E-state index contributed by atoms with van der Waals surface area (Å²) in [6, 6.07) is 18.4. The smallest absolute Gasteiger partial charge is 0.258 e. The summed E-state index contributed by atoms with van der Waals surface area (Å²) in [6.07, 6.45) is 6.34. The summed E-state index contributed by atoms with van der Waals surface area (Å²) in [7, 11) is 0. The van der Waals surface area contributed by atoms with E-state index in [1.165, 1.54) is 37.7 Å². The van der Waals surface area contributed by atoms with Gasteiger partial charge in [-0.1, -0.05) is 61.7 Å². The Hall–Kier alpha value is -2.29. The van der Waals surface area contributed by atoms with Crippen molar-refractivity contribution >= 4 is 11.6 Å². The van der Waals surface area contributed by atoms with E-state index in [9.17, 15) is 4.79 Å². The van der Waals surface area contributed by atoms with Crippen LogP contribution in [-0.2, 0) is 0 Å². The van der Waals surface area contributed by atoms with Crippen LogP contribution in [0.2, 0.25) is 0 Å². The van der Waals surface area contributed by atoms with Crippen molar-refractivity contribution in [2.75, 3.05) is 5.32 Å². The first-order chi connectivity index (χ1) is 12.3. The molecule has 1 aliphatic heterocycles. The lowest BCUT2D eigenvalue weighted by atomic mass is 9.84. The van der Waals surface area contributed by atoms with Gasteiger partial charge in [-0.15, -0.1) is 0 Å². The van der Waals surface area contributed by atoms with E-state index in [1.54, 1.807) is 0 Å². The first kappa shape index (κ1) is 16.2. The van der Waals surface area contributed by atoms with Crippen molar-refractivity contribution in [3.63, 3.8) is 0 Å². The third kappa shape index (κ3) is 3.04. The minimum Gasteiger partial charge on any atom is -0.364 e. The number of amides is 1. The fourth-order valence-corrected chi connectivity index (χ4v) is 4.39. The molecule has 1 fully saturated rings. The summed E-state index contributed by atoms with van der Waals surface area (Å²) < 4.78 is 0. The summed E-state index contributed by atoms with van der Waals surface area (Å²) in [6.45, 7) is 2.15. The van der Waals surface area contributed by atoms with Crippen LogP contribution in [0.5, 0.6) is 0 Å². The van der Waals surface area contributed by atoms with Crippen LogP contribution in [0.15, 0.2) is 54.6 Å². The van der Waals surface area contributed by atoms with Gasteiger partial charge < -0.3 is 10.2 Å². The average Bonchev–Trinajstić information content (AvgIpc) is 2.69. The molecule has 3 heteroatoms. The molecule has 2 aliphatic rings. The number of benzene rings is 2. The zero-order valence-electron chi connectivity index (χ0n) is 14.8. The number of rotatable bonds is 3. The number of fused-ring (bicyclic) bond motifs is 1. The molecule has 1 N–H and O–H groups in total. The van der Waals surface area contributed by atoms with E-state index < -0.39 is 0 Å². The number of nitrogens with zero attached hydrogens (tertiary/aromatic N) is 1. The Kier molecular flexibility index (Phi) is 4.48. The summed E-state index contributed by atoms with van der Waals surface area (Å²) >= 11 is 0. The highest BCUT2D eigenvalue weighted by Gasteiger charge is 2.39. The molecule has 0 bridgehead atoms. The van der Waals surface area contributed by atoms with Crippen molar-refractivity contribution in [2.24, 2.45) is 5.92 Å². The van der Waals surface area contributed by atoms with Crippen LogP contribution in [0.25, 0.3) is 0 Å². The van der Waals surface area contributed by atoms with Gasteiger partial charge in [-0.2, -0.15) is 0 Å². The number of carbonyl (C=O) groups is 1. The van der Waals surface area contributed by atoms with Crippen LogP contribution >= 0.6 is 0 Å². The molecule has 130 valence electrons. The van der Waals surface area contributed by atoms with Crippen LogP contribution in [-0.4, -0.2) is 17.0 Å². The molecule has 1 heterocycles. The van der Waals surface area contributed by atoms with Gasteiger partial charge in [0.15, 0.2) is 0 Å². The van der Waals surface area contributed by atoms with E-state index in [0.29, 0.717) is 5.92 Å². The number of carbonyl (C=O) groups excluding carboxylic acids is 1. The molecule has 25 heavy (non-hydrogen) atoms. The normalized spacial score (nSPS) is 22.2. The monoisotopic (exact) mass is 334 g/mol. The second kappa shape index (κ2) is 6.91. The zero-order valence-corrected chi connectivity index (χ0v) is 14.8. The molecule has 0 spiro atoms. The van der Waals surface area contributed by atoms with Crippen LogP contribution in [0.3, 0.4) is 0 Å². The maximum absolute atomic E-state index is 13.4. The van der Waals surface area contributed by atoms with Crippen LogP contribution in [0, 0.1) is 5.92 Å². The summed E-state index contributed by atoms with van der Waals surface area (Å²) in [4.78, 5) is 15.5. The SMILES string of the molecule is C[C@@H](c1ccccc1)N1C(=O)c2ccccc2N[C@@H]1C1CCCCC1. The fraction of sp³-hybridized carbons (Fsp3) is 0.409. The fourth-order valence-electron chi connectivity index (χ4n) is 4.39. The molecule has 2 atom stereocenters. The van der Waals surface area contributed by atoms with Crippen molar-refractivity contribution in [3.05, 3.63) is 65.7 Å². The minimum absolute atomic E-state index is 0.0569. The van der Waals surface area contributed by atoms with Crippen molar-refractivity contribution in [3.8, 4) is 0 Å². The molecule has 3 nitrogen and oxygen atoms in total. The molecule has 2 aromatic rings. The molecule has 2 aromatic carbocycles. The molecule has 0 unspecified atom stereocenters. The highest BCUT2D eigenvalue weighted by molar-refractivity contribution is 6.01. The van der Waals surface area contributed by atoms with E-state index >= 15 is 0 Å². The van der Waals surface area contributed by atoms with Crippen LogP contribution in [0.4, 0.5) is 5.69 Å². The third-order valence-corrected chi connectivity index (χ3v) is 5.79. The number of anilines is 1. The van der Waals surface area contributed by atoms with E-state index in [0.717, 1.165) is 11.3 Å². The van der Waals surface area contributed by atoms with Gasteiger partial charge in [0, 0.05) is 5.69 Å². The van der Waals surface area contributed by atoms with Crippen molar-refractivity contribution < 1.29 is 4.79 Å². The molecule has 1 amide bonds. The molecule has 0 saturated heterocycles. The van der Waals surface area contributed by atoms with Gasteiger partial charge in [-0.25, -0.2) is 0 Å². The molecular weight excluding hydrogens is 308 g/mol. The minimum atomic E-state index is 0.0569. The lowest BCUT2D eigenvalue weighted by Crippen LogP contribution is -2.53. The van der Waals surface area contributed by atoms with Crippen LogP contribution in [0.1, 0.15) is 61.0 Å². The highest BCUT2D eigenvalue weighted by atomic mass is 16.2. The second-order valence-electron chi connectivity index (χ2n) is 7.33. The Balaban J connectivity index is 1.72. The van der Waals surface area contributed by atoms with E-state index in [2.05, 4.69) is 41.4 Å². The Labute approximate surface area is 150 Å². The summed E-state index contributed by atoms with van der Waals surface area (Å²) in [5.41, 5.74) is 2.97. The van der Waals surface area contributed by atoms with Gasteiger partial charge >= 0.3 is 0 Å². The van der Waals surface area contributed by atoms with Gasteiger partial charge in [-0.05, 0) is 43.4 Å². The van der Waals surface area contributed by atoms with Gasteiger partial charge in [0.1, 0.15) is 6.17 Å². The number of para-hydroxylation sites is 1. The lowest BCUT2D eigenvalue weighted by molar-refractivity contribution is 0.0480. The summed E-state index contributed by atoms with van der Waals surface area (Å²) in [5.74, 6) is 0.679.